The van der Waals surface area contributed by atoms with E-state index in [0.29, 0.717) is 6.61 Å². The molecule has 0 saturated carbocycles. The van der Waals surface area contributed by atoms with Crippen LogP contribution < -0.4 is 15.2 Å². The zero-order valence-corrected chi connectivity index (χ0v) is 12.2. The summed E-state index contributed by atoms with van der Waals surface area (Å²) in [5.74, 6) is 1.69. The van der Waals surface area contributed by atoms with Gasteiger partial charge in [0.1, 0.15) is 18.1 Å². The molecule has 0 heterocycles. The summed E-state index contributed by atoms with van der Waals surface area (Å²) in [4.78, 5) is 0. The van der Waals surface area contributed by atoms with Gasteiger partial charge in [0.2, 0.25) is 0 Å². The van der Waals surface area contributed by atoms with E-state index in [0.717, 1.165) is 22.6 Å². The molecule has 2 aromatic carbocycles. The molecule has 2 rings (SSSR count). The summed E-state index contributed by atoms with van der Waals surface area (Å²) in [6.45, 7) is 4.55. The van der Waals surface area contributed by atoms with E-state index in [1.165, 1.54) is 5.56 Å². The Labute approximate surface area is 120 Å². The van der Waals surface area contributed by atoms with Crippen LogP contribution in [-0.4, -0.2) is 13.7 Å². The predicted octanol–water partition coefficient (Wildman–Crippen LogP) is 3.39. The van der Waals surface area contributed by atoms with Crippen molar-refractivity contribution in [1.82, 2.24) is 0 Å². The number of rotatable bonds is 5. The van der Waals surface area contributed by atoms with Crippen molar-refractivity contribution in [2.45, 2.75) is 19.9 Å². The lowest BCUT2D eigenvalue weighted by Gasteiger charge is -2.16. The minimum Gasteiger partial charge on any atom is -0.497 e. The molecule has 0 radical (unpaired) electrons. The monoisotopic (exact) mass is 271 g/mol. The first-order valence-corrected chi connectivity index (χ1v) is 6.69. The van der Waals surface area contributed by atoms with E-state index in [2.05, 4.69) is 13.0 Å². The second-order valence-corrected chi connectivity index (χ2v) is 4.96. The lowest BCUT2D eigenvalue weighted by Crippen LogP contribution is -2.19. The lowest BCUT2D eigenvalue weighted by molar-refractivity contribution is 0.288. The van der Waals surface area contributed by atoms with Crippen molar-refractivity contribution >= 4 is 0 Å². The third-order valence-electron chi connectivity index (χ3n) is 3.27. The van der Waals surface area contributed by atoms with E-state index in [4.69, 9.17) is 15.2 Å². The van der Waals surface area contributed by atoms with Gasteiger partial charge in [0.25, 0.3) is 0 Å². The summed E-state index contributed by atoms with van der Waals surface area (Å²) < 4.78 is 11.0. The number of nitrogens with two attached hydrogens (primary N) is 1. The molecule has 0 aliphatic heterocycles. The van der Waals surface area contributed by atoms with E-state index >= 15 is 0 Å². The third kappa shape index (κ3) is 3.52. The van der Waals surface area contributed by atoms with Crippen LogP contribution in [0.15, 0.2) is 42.5 Å². The average Bonchev–Trinajstić information content (AvgIpc) is 2.46. The van der Waals surface area contributed by atoms with E-state index in [1.54, 1.807) is 7.11 Å². The topological polar surface area (TPSA) is 44.5 Å². The maximum absolute atomic E-state index is 6.17. The molecule has 1 unspecified atom stereocenters. The van der Waals surface area contributed by atoms with Gasteiger partial charge in [-0.15, -0.1) is 0 Å². The van der Waals surface area contributed by atoms with Gasteiger partial charge in [-0.25, -0.2) is 0 Å². The van der Waals surface area contributed by atoms with Crippen LogP contribution in [0.2, 0.25) is 0 Å². The van der Waals surface area contributed by atoms with Crippen molar-refractivity contribution in [1.29, 1.82) is 0 Å². The van der Waals surface area contributed by atoms with Crippen LogP contribution in [0.25, 0.3) is 0 Å². The second kappa shape index (κ2) is 6.44. The first-order chi connectivity index (χ1) is 9.60. The highest BCUT2D eigenvalue weighted by atomic mass is 16.5. The quantitative estimate of drug-likeness (QED) is 0.906. The Balaban J connectivity index is 2.02. The summed E-state index contributed by atoms with van der Waals surface area (Å²) in [6, 6.07) is 13.7. The number of hydrogen-bond donors (Lipinski definition) is 1. The minimum atomic E-state index is -0.175. The fourth-order valence-corrected chi connectivity index (χ4v) is 2.11. The fourth-order valence-electron chi connectivity index (χ4n) is 2.11. The van der Waals surface area contributed by atoms with Crippen molar-refractivity contribution in [2.75, 3.05) is 13.7 Å². The minimum absolute atomic E-state index is 0.175. The van der Waals surface area contributed by atoms with Gasteiger partial charge in [-0.2, -0.15) is 0 Å². The highest BCUT2D eigenvalue weighted by Crippen LogP contribution is 2.22. The van der Waals surface area contributed by atoms with Crippen LogP contribution in [-0.2, 0) is 0 Å². The van der Waals surface area contributed by atoms with Crippen LogP contribution in [0, 0.1) is 13.8 Å². The molecule has 0 aliphatic rings. The summed E-state index contributed by atoms with van der Waals surface area (Å²) in [6.07, 6.45) is 0. The molecule has 3 heteroatoms. The molecule has 0 fully saturated rings. The zero-order chi connectivity index (χ0) is 14.5. The van der Waals surface area contributed by atoms with Gasteiger partial charge in [0.05, 0.1) is 13.2 Å². The predicted molar refractivity (Wildman–Crippen MR) is 81.3 cm³/mol. The van der Waals surface area contributed by atoms with E-state index in [-0.39, 0.29) is 6.04 Å². The maximum atomic E-state index is 6.17. The Bertz CT molecular complexity index is 581. The molecule has 0 spiro atoms. The number of methoxy groups -OCH3 is 1. The third-order valence-corrected chi connectivity index (χ3v) is 3.27. The maximum Gasteiger partial charge on any atom is 0.122 e. The summed E-state index contributed by atoms with van der Waals surface area (Å²) in [5.41, 5.74) is 9.53. The van der Waals surface area contributed by atoms with Gasteiger partial charge >= 0.3 is 0 Å². The van der Waals surface area contributed by atoms with Gasteiger partial charge in [0, 0.05) is 0 Å². The smallest absolute Gasteiger partial charge is 0.122 e. The Morgan fingerprint density at radius 2 is 1.90 bits per heavy atom. The number of ether oxygens (including phenoxy) is 2. The standard InChI is InChI=1S/C17H21NO2/c1-12-7-8-17(13(2)9-12)20-11-16(18)14-5-4-6-15(10-14)19-3/h4-10,16H,11,18H2,1-3H3. The summed E-state index contributed by atoms with van der Waals surface area (Å²) in [5, 5.41) is 0. The molecular weight excluding hydrogens is 250 g/mol. The first-order valence-electron chi connectivity index (χ1n) is 6.69. The molecule has 0 bridgehead atoms. The van der Waals surface area contributed by atoms with E-state index in [1.807, 2.05) is 43.3 Å². The Kier molecular flexibility index (Phi) is 4.64. The van der Waals surface area contributed by atoms with Crippen molar-refractivity contribution < 1.29 is 9.47 Å². The Morgan fingerprint density at radius 1 is 1.10 bits per heavy atom. The lowest BCUT2D eigenvalue weighted by atomic mass is 10.1. The van der Waals surface area contributed by atoms with Crippen LogP contribution >= 0.6 is 0 Å². The zero-order valence-electron chi connectivity index (χ0n) is 12.2. The van der Waals surface area contributed by atoms with E-state index < -0.39 is 0 Å². The molecule has 20 heavy (non-hydrogen) atoms. The van der Waals surface area contributed by atoms with Gasteiger partial charge in [-0.3, -0.25) is 0 Å². The highest BCUT2D eigenvalue weighted by molar-refractivity contribution is 5.36. The van der Waals surface area contributed by atoms with Crippen molar-refractivity contribution in [2.24, 2.45) is 5.73 Å². The molecule has 2 N–H and O–H groups in total. The van der Waals surface area contributed by atoms with Crippen LogP contribution in [0.1, 0.15) is 22.7 Å². The van der Waals surface area contributed by atoms with Gasteiger partial charge < -0.3 is 15.2 Å². The Hall–Kier alpha value is -2.00. The average molecular weight is 271 g/mol. The molecule has 0 aromatic heterocycles. The van der Waals surface area contributed by atoms with Gasteiger partial charge in [-0.1, -0.05) is 29.8 Å². The summed E-state index contributed by atoms with van der Waals surface area (Å²) in [7, 11) is 1.65. The SMILES string of the molecule is COc1cccc(C(N)COc2ccc(C)cc2C)c1. The number of aryl methyl sites for hydroxylation is 2. The molecule has 1 atom stereocenters. The molecule has 0 saturated heterocycles. The molecule has 0 aliphatic carbocycles. The van der Waals surface area contributed by atoms with Crippen LogP contribution in [0.4, 0.5) is 0 Å². The second-order valence-electron chi connectivity index (χ2n) is 4.96. The molecular formula is C17H21NO2. The van der Waals surface area contributed by atoms with E-state index in [9.17, 15) is 0 Å². The van der Waals surface area contributed by atoms with Crippen molar-refractivity contribution in [3.63, 3.8) is 0 Å². The normalized spacial score (nSPS) is 12.0. The molecule has 2 aromatic rings. The Morgan fingerprint density at radius 3 is 2.60 bits per heavy atom. The first kappa shape index (κ1) is 14.4. The fraction of sp³-hybridized carbons (Fsp3) is 0.294. The molecule has 106 valence electrons. The molecule has 3 nitrogen and oxygen atoms in total. The largest absolute Gasteiger partial charge is 0.497 e. The summed E-state index contributed by atoms with van der Waals surface area (Å²) >= 11 is 0. The molecule has 0 amide bonds. The highest BCUT2D eigenvalue weighted by Gasteiger charge is 2.09. The van der Waals surface area contributed by atoms with Crippen molar-refractivity contribution in [3.8, 4) is 11.5 Å². The van der Waals surface area contributed by atoms with Crippen LogP contribution in [0.5, 0.6) is 11.5 Å². The van der Waals surface area contributed by atoms with Crippen LogP contribution in [0.3, 0.4) is 0 Å². The van der Waals surface area contributed by atoms with Gasteiger partial charge in [0.15, 0.2) is 0 Å². The van der Waals surface area contributed by atoms with Crippen molar-refractivity contribution in [3.05, 3.63) is 59.2 Å². The number of hydrogen-bond acceptors (Lipinski definition) is 3. The van der Waals surface area contributed by atoms with Gasteiger partial charge in [-0.05, 0) is 43.2 Å². The number of benzene rings is 2.